The van der Waals surface area contributed by atoms with Crippen LogP contribution < -0.4 is 20.5 Å². The highest BCUT2D eigenvalue weighted by molar-refractivity contribution is 5.98. The molecule has 166 valence electrons. The maximum absolute atomic E-state index is 12.8. The van der Waals surface area contributed by atoms with Crippen LogP contribution in [0.2, 0.25) is 0 Å². The van der Waals surface area contributed by atoms with Crippen molar-refractivity contribution in [2.24, 2.45) is 11.7 Å². The first-order valence-corrected chi connectivity index (χ1v) is 10.8. The third kappa shape index (κ3) is 6.09. The molecule has 0 saturated carbocycles. The van der Waals surface area contributed by atoms with Crippen LogP contribution in [-0.2, 0) is 4.79 Å². The largest absolute Gasteiger partial charge is 0.490 e. The number of nitrogens with two attached hydrogens (primary N) is 1. The third-order valence-corrected chi connectivity index (χ3v) is 5.71. The number of fused-ring (bicyclic) bond motifs is 1. The van der Waals surface area contributed by atoms with E-state index in [4.69, 9.17) is 15.2 Å². The number of aliphatic hydroxyl groups excluding tert-OH is 1. The molecule has 4 N–H and O–H groups in total. The zero-order valence-corrected chi connectivity index (χ0v) is 17.7. The minimum atomic E-state index is -0.496. The lowest BCUT2D eigenvalue weighted by molar-refractivity contribution is -0.118. The Morgan fingerprint density at radius 2 is 2.07 bits per heavy atom. The number of benzene rings is 1. The first-order valence-electron chi connectivity index (χ1n) is 10.8. The van der Waals surface area contributed by atoms with Crippen LogP contribution in [0.3, 0.4) is 0 Å². The molecule has 0 aromatic heterocycles. The van der Waals surface area contributed by atoms with E-state index in [1.54, 1.807) is 0 Å². The minimum absolute atomic E-state index is 0.0106. The maximum atomic E-state index is 12.8. The SMILES string of the molecule is Cc1cc2c(c(C(=O)NC[C@@H]3CCN(CCCCC(N)=O)C[C@H]3O)c1)OCCCO2. The van der Waals surface area contributed by atoms with Gasteiger partial charge in [-0.15, -0.1) is 0 Å². The molecule has 0 bridgehead atoms. The number of hydrogen-bond donors (Lipinski definition) is 3. The summed E-state index contributed by atoms with van der Waals surface area (Å²) in [5.41, 5.74) is 6.58. The summed E-state index contributed by atoms with van der Waals surface area (Å²) in [6.45, 7) is 5.72. The fraction of sp³-hybridized carbons (Fsp3) is 0.636. The summed E-state index contributed by atoms with van der Waals surface area (Å²) in [5.74, 6) is 0.647. The van der Waals surface area contributed by atoms with Crippen molar-refractivity contribution in [2.75, 3.05) is 39.4 Å². The molecule has 2 amide bonds. The number of unbranched alkanes of at least 4 members (excludes halogenated alkanes) is 1. The molecule has 1 aromatic rings. The number of rotatable bonds is 8. The van der Waals surface area contributed by atoms with Crippen molar-refractivity contribution in [3.63, 3.8) is 0 Å². The van der Waals surface area contributed by atoms with Crippen LogP contribution in [0.15, 0.2) is 12.1 Å². The van der Waals surface area contributed by atoms with Crippen LogP contribution in [0.25, 0.3) is 0 Å². The number of aryl methyl sites for hydroxylation is 1. The van der Waals surface area contributed by atoms with Crippen LogP contribution in [0.1, 0.15) is 48.0 Å². The topological polar surface area (TPSA) is 114 Å². The lowest BCUT2D eigenvalue weighted by atomic mass is 9.93. The Bertz CT molecular complexity index is 755. The zero-order chi connectivity index (χ0) is 21.5. The average molecular weight is 420 g/mol. The Balaban J connectivity index is 1.50. The highest BCUT2D eigenvalue weighted by atomic mass is 16.5. The van der Waals surface area contributed by atoms with Gasteiger partial charge in [-0.05, 0) is 57.0 Å². The molecular formula is C22H33N3O5. The number of likely N-dealkylation sites (tertiary alicyclic amines) is 1. The van der Waals surface area contributed by atoms with Crippen LogP contribution in [0.5, 0.6) is 11.5 Å². The lowest BCUT2D eigenvalue weighted by Gasteiger charge is -2.36. The summed E-state index contributed by atoms with van der Waals surface area (Å²) in [5, 5.41) is 13.5. The molecule has 8 nitrogen and oxygen atoms in total. The molecule has 1 fully saturated rings. The summed E-state index contributed by atoms with van der Waals surface area (Å²) in [6.07, 6.45) is 3.16. The Morgan fingerprint density at radius 1 is 1.27 bits per heavy atom. The van der Waals surface area contributed by atoms with Crippen molar-refractivity contribution < 1.29 is 24.2 Å². The van der Waals surface area contributed by atoms with Gasteiger partial charge in [0, 0.05) is 31.8 Å². The summed E-state index contributed by atoms with van der Waals surface area (Å²) in [7, 11) is 0. The number of primary amides is 1. The van der Waals surface area contributed by atoms with Gasteiger partial charge in [0.1, 0.15) is 0 Å². The van der Waals surface area contributed by atoms with E-state index in [0.717, 1.165) is 44.3 Å². The second-order valence-electron chi connectivity index (χ2n) is 8.24. The van der Waals surface area contributed by atoms with E-state index in [2.05, 4.69) is 10.2 Å². The van der Waals surface area contributed by atoms with E-state index in [0.29, 0.717) is 49.8 Å². The molecule has 2 heterocycles. The maximum Gasteiger partial charge on any atom is 0.255 e. The van der Waals surface area contributed by atoms with E-state index in [9.17, 15) is 14.7 Å². The predicted octanol–water partition coefficient (Wildman–Crippen LogP) is 1.22. The van der Waals surface area contributed by atoms with Gasteiger partial charge in [-0.1, -0.05) is 0 Å². The number of nitrogens with one attached hydrogen (secondary N) is 1. The second kappa shape index (κ2) is 10.6. The standard InChI is InChI=1S/C22H33N3O5/c1-15-11-17(21-19(12-15)29-9-4-10-30-21)22(28)24-13-16-6-8-25(14-18(16)26)7-3-2-5-20(23)27/h11-12,16,18,26H,2-10,13-14H2,1H3,(H2,23,27)(H,24,28)/t16-,18+/m0/s1. The highest BCUT2D eigenvalue weighted by Crippen LogP contribution is 2.34. The molecule has 3 rings (SSSR count). The molecule has 0 radical (unpaired) electrons. The number of ether oxygens (including phenoxy) is 2. The number of β-amino-alcohol motifs (C(OH)–C–C–N with tert-alkyl or cyclic N) is 1. The summed E-state index contributed by atoms with van der Waals surface area (Å²) < 4.78 is 11.5. The molecule has 0 spiro atoms. The molecule has 30 heavy (non-hydrogen) atoms. The minimum Gasteiger partial charge on any atom is -0.490 e. The van der Waals surface area contributed by atoms with E-state index >= 15 is 0 Å². The van der Waals surface area contributed by atoms with Gasteiger partial charge < -0.3 is 30.5 Å². The molecule has 2 aliphatic heterocycles. The van der Waals surface area contributed by atoms with Gasteiger partial charge in [0.2, 0.25) is 5.91 Å². The molecule has 1 saturated heterocycles. The highest BCUT2D eigenvalue weighted by Gasteiger charge is 2.28. The Kier molecular flexibility index (Phi) is 7.93. The second-order valence-corrected chi connectivity index (χ2v) is 8.24. The van der Waals surface area contributed by atoms with Gasteiger partial charge in [0.05, 0.1) is 24.9 Å². The fourth-order valence-electron chi connectivity index (χ4n) is 4.02. The van der Waals surface area contributed by atoms with Crippen LogP contribution in [0, 0.1) is 12.8 Å². The summed E-state index contributed by atoms with van der Waals surface area (Å²) in [4.78, 5) is 25.9. The van der Waals surface area contributed by atoms with E-state index in [1.165, 1.54) is 0 Å². The molecular weight excluding hydrogens is 386 g/mol. The lowest BCUT2D eigenvalue weighted by Crippen LogP contribution is -2.47. The quantitative estimate of drug-likeness (QED) is 0.546. The monoisotopic (exact) mass is 419 g/mol. The Labute approximate surface area is 177 Å². The van der Waals surface area contributed by atoms with Crippen molar-refractivity contribution in [2.45, 2.75) is 45.1 Å². The molecule has 2 atom stereocenters. The molecule has 2 aliphatic rings. The number of amides is 2. The van der Waals surface area contributed by atoms with Crippen molar-refractivity contribution in [3.8, 4) is 11.5 Å². The van der Waals surface area contributed by atoms with E-state index < -0.39 is 6.10 Å². The zero-order valence-electron chi connectivity index (χ0n) is 17.7. The Hall–Kier alpha value is -2.32. The first-order chi connectivity index (χ1) is 14.4. The number of piperidine rings is 1. The van der Waals surface area contributed by atoms with Gasteiger partial charge >= 0.3 is 0 Å². The summed E-state index contributed by atoms with van der Waals surface area (Å²) >= 11 is 0. The van der Waals surface area contributed by atoms with Crippen molar-refractivity contribution in [3.05, 3.63) is 23.3 Å². The van der Waals surface area contributed by atoms with Crippen molar-refractivity contribution in [1.82, 2.24) is 10.2 Å². The number of aliphatic hydroxyl groups is 1. The summed E-state index contributed by atoms with van der Waals surface area (Å²) in [6, 6.07) is 3.70. The van der Waals surface area contributed by atoms with Crippen LogP contribution in [0.4, 0.5) is 0 Å². The normalized spacial score (nSPS) is 21.7. The number of carbonyl (C=O) groups is 2. The number of nitrogens with zero attached hydrogens (tertiary/aromatic N) is 1. The number of carbonyl (C=O) groups excluding carboxylic acids is 2. The third-order valence-electron chi connectivity index (χ3n) is 5.71. The van der Waals surface area contributed by atoms with Gasteiger partial charge in [-0.2, -0.15) is 0 Å². The van der Waals surface area contributed by atoms with E-state index in [1.807, 2.05) is 19.1 Å². The van der Waals surface area contributed by atoms with E-state index in [-0.39, 0.29) is 17.7 Å². The van der Waals surface area contributed by atoms with Crippen molar-refractivity contribution >= 4 is 11.8 Å². The molecule has 0 unspecified atom stereocenters. The van der Waals surface area contributed by atoms with Gasteiger partial charge in [0.15, 0.2) is 11.5 Å². The molecule has 0 aliphatic carbocycles. The number of hydrogen-bond acceptors (Lipinski definition) is 6. The Morgan fingerprint density at radius 3 is 2.83 bits per heavy atom. The van der Waals surface area contributed by atoms with Gasteiger partial charge in [0.25, 0.3) is 5.91 Å². The average Bonchev–Trinajstić information content (AvgIpc) is 2.95. The van der Waals surface area contributed by atoms with Gasteiger partial charge in [-0.25, -0.2) is 0 Å². The van der Waals surface area contributed by atoms with Gasteiger partial charge in [-0.3, -0.25) is 9.59 Å². The predicted molar refractivity (Wildman–Crippen MR) is 113 cm³/mol. The van der Waals surface area contributed by atoms with Crippen molar-refractivity contribution in [1.29, 1.82) is 0 Å². The molecule has 1 aromatic carbocycles. The smallest absolute Gasteiger partial charge is 0.255 e. The fourth-order valence-corrected chi connectivity index (χ4v) is 4.02. The molecule has 8 heteroatoms. The first kappa shape index (κ1) is 22.4. The van der Waals surface area contributed by atoms with Crippen LogP contribution >= 0.6 is 0 Å². The van der Waals surface area contributed by atoms with Crippen LogP contribution in [-0.4, -0.2) is 67.3 Å².